The van der Waals surface area contributed by atoms with Crippen molar-refractivity contribution in [2.24, 2.45) is 0 Å². The molecule has 2 aromatic rings. The molecular formula is C13H13NO2. The maximum atomic E-state index is 11.1. The maximum absolute atomic E-state index is 11.1. The van der Waals surface area contributed by atoms with Crippen molar-refractivity contribution in [3.05, 3.63) is 47.3 Å². The van der Waals surface area contributed by atoms with Gasteiger partial charge < -0.3 is 10.1 Å². The van der Waals surface area contributed by atoms with E-state index in [0.717, 1.165) is 22.5 Å². The SMILES string of the molecule is Cc1cc(-c2ccccc2C(=O)O)c(C)[nH]1. The summed E-state index contributed by atoms with van der Waals surface area (Å²) < 4.78 is 0. The molecule has 3 nitrogen and oxygen atoms in total. The fourth-order valence-electron chi connectivity index (χ4n) is 1.91. The Morgan fingerprint density at radius 1 is 1.19 bits per heavy atom. The molecule has 0 radical (unpaired) electrons. The van der Waals surface area contributed by atoms with Crippen LogP contribution in [0.2, 0.25) is 0 Å². The highest BCUT2D eigenvalue weighted by Crippen LogP contribution is 2.27. The van der Waals surface area contributed by atoms with Gasteiger partial charge in [0, 0.05) is 17.0 Å². The monoisotopic (exact) mass is 215 g/mol. The number of aryl methyl sites for hydroxylation is 2. The molecule has 2 rings (SSSR count). The van der Waals surface area contributed by atoms with E-state index in [1.165, 1.54) is 0 Å². The molecule has 0 aliphatic rings. The van der Waals surface area contributed by atoms with E-state index in [0.29, 0.717) is 5.56 Å². The number of hydrogen-bond donors (Lipinski definition) is 2. The maximum Gasteiger partial charge on any atom is 0.336 e. The summed E-state index contributed by atoms with van der Waals surface area (Å²) in [7, 11) is 0. The summed E-state index contributed by atoms with van der Waals surface area (Å²) in [6, 6.07) is 9.01. The normalized spacial score (nSPS) is 10.4. The molecule has 0 aliphatic heterocycles. The Labute approximate surface area is 93.7 Å². The number of carboxylic acid groups (broad SMARTS) is 1. The molecule has 82 valence electrons. The lowest BCUT2D eigenvalue weighted by Crippen LogP contribution is -1.99. The summed E-state index contributed by atoms with van der Waals surface area (Å²) >= 11 is 0. The van der Waals surface area contributed by atoms with Crippen molar-refractivity contribution >= 4 is 5.97 Å². The molecule has 1 heterocycles. The number of benzene rings is 1. The molecule has 0 bridgehead atoms. The quantitative estimate of drug-likeness (QED) is 0.809. The first kappa shape index (κ1) is 10.5. The van der Waals surface area contributed by atoms with Crippen LogP contribution in [0.25, 0.3) is 11.1 Å². The zero-order valence-corrected chi connectivity index (χ0v) is 9.24. The van der Waals surface area contributed by atoms with Crippen LogP contribution >= 0.6 is 0 Å². The average Bonchev–Trinajstić information content (AvgIpc) is 2.57. The van der Waals surface area contributed by atoms with Crippen molar-refractivity contribution in [2.75, 3.05) is 0 Å². The van der Waals surface area contributed by atoms with Crippen LogP contribution < -0.4 is 0 Å². The summed E-state index contributed by atoms with van der Waals surface area (Å²) in [5.41, 5.74) is 4.08. The van der Waals surface area contributed by atoms with E-state index in [9.17, 15) is 4.79 Å². The number of hydrogen-bond acceptors (Lipinski definition) is 1. The first-order valence-electron chi connectivity index (χ1n) is 5.08. The third-order valence-corrected chi connectivity index (χ3v) is 2.60. The van der Waals surface area contributed by atoms with Gasteiger partial charge in [-0.05, 0) is 31.5 Å². The molecule has 1 aromatic heterocycles. The number of aromatic amines is 1. The third-order valence-electron chi connectivity index (χ3n) is 2.60. The number of nitrogens with one attached hydrogen (secondary N) is 1. The van der Waals surface area contributed by atoms with E-state index < -0.39 is 5.97 Å². The highest BCUT2D eigenvalue weighted by molar-refractivity contribution is 5.96. The van der Waals surface area contributed by atoms with Gasteiger partial charge in [0.2, 0.25) is 0 Å². The molecule has 2 N–H and O–H groups in total. The largest absolute Gasteiger partial charge is 0.478 e. The lowest BCUT2D eigenvalue weighted by molar-refractivity contribution is 0.0698. The molecule has 0 fully saturated rings. The topological polar surface area (TPSA) is 53.1 Å². The molecule has 0 atom stereocenters. The Morgan fingerprint density at radius 3 is 2.44 bits per heavy atom. The molecule has 3 heteroatoms. The Hall–Kier alpha value is -2.03. The number of carbonyl (C=O) groups is 1. The first-order valence-corrected chi connectivity index (χ1v) is 5.08. The second-order valence-corrected chi connectivity index (χ2v) is 3.84. The Morgan fingerprint density at radius 2 is 1.88 bits per heavy atom. The minimum atomic E-state index is -0.895. The summed E-state index contributed by atoms with van der Waals surface area (Å²) in [6.45, 7) is 3.90. The minimum Gasteiger partial charge on any atom is -0.478 e. The minimum absolute atomic E-state index is 0.338. The predicted octanol–water partition coefficient (Wildman–Crippen LogP) is 3.00. The highest BCUT2D eigenvalue weighted by atomic mass is 16.4. The molecule has 0 aliphatic carbocycles. The predicted molar refractivity (Wildman–Crippen MR) is 62.7 cm³/mol. The van der Waals surface area contributed by atoms with Gasteiger partial charge in [0.1, 0.15) is 0 Å². The van der Waals surface area contributed by atoms with Crippen molar-refractivity contribution < 1.29 is 9.90 Å². The zero-order valence-electron chi connectivity index (χ0n) is 9.24. The first-order chi connectivity index (χ1) is 7.59. The van der Waals surface area contributed by atoms with E-state index in [-0.39, 0.29) is 0 Å². The molecule has 0 spiro atoms. The van der Waals surface area contributed by atoms with Gasteiger partial charge in [-0.1, -0.05) is 18.2 Å². The summed E-state index contributed by atoms with van der Waals surface area (Å²) in [5.74, 6) is -0.895. The van der Waals surface area contributed by atoms with Crippen LogP contribution in [0.1, 0.15) is 21.7 Å². The Balaban J connectivity index is 2.64. The van der Waals surface area contributed by atoms with Crippen LogP contribution in [0.5, 0.6) is 0 Å². The summed E-state index contributed by atoms with van der Waals surface area (Å²) in [5, 5.41) is 9.11. The van der Waals surface area contributed by atoms with Gasteiger partial charge in [0.25, 0.3) is 0 Å². The number of carboxylic acids is 1. The van der Waals surface area contributed by atoms with Crippen LogP contribution in [-0.4, -0.2) is 16.1 Å². The van der Waals surface area contributed by atoms with Gasteiger partial charge in [-0.3, -0.25) is 0 Å². The van der Waals surface area contributed by atoms with Crippen LogP contribution in [0.15, 0.2) is 30.3 Å². The Bertz CT molecular complexity index is 541. The van der Waals surface area contributed by atoms with Gasteiger partial charge >= 0.3 is 5.97 Å². The molecule has 0 amide bonds. The molecule has 0 saturated heterocycles. The van der Waals surface area contributed by atoms with Crippen molar-refractivity contribution in [3.8, 4) is 11.1 Å². The smallest absolute Gasteiger partial charge is 0.336 e. The molecule has 0 unspecified atom stereocenters. The molecule has 16 heavy (non-hydrogen) atoms. The molecule has 0 saturated carbocycles. The Kier molecular flexibility index (Phi) is 2.52. The van der Waals surface area contributed by atoms with Crippen molar-refractivity contribution in [3.63, 3.8) is 0 Å². The second kappa shape index (κ2) is 3.85. The average molecular weight is 215 g/mol. The molecular weight excluding hydrogens is 202 g/mol. The zero-order chi connectivity index (χ0) is 11.7. The number of aromatic carboxylic acids is 1. The van der Waals surface area contributed by atoms with Crippen LogP contribution in [0, 0.1) is 13.8 Å². The van der Waals surface area contributed by atoms with Crippen LogP contribution in [-0.2, 0) is 0 Å². The van der Waals surface area contributed by atoms with Crippen molar-refractivity contribution in [1.82, 2.24) is 4.98 Å². The van der Waals surface area contributed by atoms with Crippen LogP contribution in [0.3, 0.4) is 0 Å². The van der Waals surface area contributed by atoms with Gasteiger partial charge in [-0.2, -0.15) is 0 Å². The van der Waals surface area contributed by atoms with Crippen LogP contribution in [0.4, 0.5) is 0 Å². The third kappa shape index (κ3) is 1.72. The van der Waals surface area contributed by atoms with E-state index in [2.05, 4.69) is 4.98 Å². The fourth-order valence-corrected chi connectivity index (χ4v) is 1.91. The number of H-pyrrole nitrogens is 1. The van der Waals surface area contributed by atoms with Gasteiger partial charge in [-0.15, -0.1) is 0 Å². The van der Waals surface area contributed by atoms with Crippen molar-refractivity contribution in [1.29, 1.82) is 0 Å². The van der Waals surface area contributed by atoms with E-state index in [4.69, 9.17) is 5.11 Å². The summed E-state index contributed by atoms with van der Waals surface area (Å²) in [4.78, 5) is 14.3. The highest BCUT2D eigenvalue weighted by Gasteiger charge is 2.13. The number of rotatable bonds is 2. The van der Waals surface area contributed by atoms with Gasteiger partial charge in [0.15, 0.2) is 0 Å². The standard InChI is InChI=1S/C13H13NO2/c1-8-7-12(9(2)14-8)10-5-3-4-6-11(10)13(15)16/h3-7,14H,1-2H3,(H,15,16). The van der Waals surface area contributed by atoms with Crippen molar-refractivity contribution in [2.45, 2.75) is 13.8 Å². The molecule has 1 aromatic carbocycles. The van der Waals surface area contributed by atoms with E-state index >= 15 is 0 Å². The van der Waals surface area contributed by atoms with E-state index in [1.54, 1.807) is 12.1 Å². The second-order valence-electron chi connectivity index (χ2n) is 3.84. The number of aromatic nitrogens is 1. The fraction of sp³-hybridized carbons (Fsp3) is 0.154. The lowest BCUT2D eigenvalue weighted by atomic mass is 10.00. The van der Waals surface area contributed by atoms with Gasteiger partial charge in [0.05, 0.1) is 5.56 Å². The van der Waals surface area contributed by atoms with E-state index in [1.807, 2.05) is 32.0 Å². The summed E-state index contributed by atoms with van der Waals surface area (Å²) in [6.07, 6.45) is 0. The lowest BCUT2D eigenvalue weighted by Gasteiger charge is -2.04. The van der Waals surface area contributed by atoms with Gasteiger partial charge in [-0.25, -0.2) is 4.79 Å².